The predicted molar refractivity (Wildman–Crippen MR) is 103 cm³/mol. The van der Waals surface area contributed by atoms with E-state index in [1.807, 2.05) is 43.3 Å². The van der Waals surface area contributed by atoms with Crippen LogP contribution in [0.2, 0.25) is 5.02 Å². The second kappa shape index (κ2) is 8.02. The number of hydrogen-bond donors (Lipinski definition) is 2. The van der Waals surface area contributed by atoms with Gasteiger partial charge in [0.1, 0.15) is 5.82 Å². The number of para-hydroxylation sites is 1. The highest BCUT2D eigenvalue weighted by atomic mass is 35.5. The van der Waals surface area contributed by atoms with Gasteiger partial charge in [-0.3, -0.25) is 4.79 Å². The van der Waals surface area contributed by atoms with E-state index in [0.717, 1.165) is 16.8 Å². The molecule has 3 aromatic carbocycles. The van der Waals surface area contributed by atoms with Gasteiger partial charge in [0.05, 0.1) is 11.3 Å². The largest absolute Gasteiger partial charge is 0.355 e. The third-order valence-corrected chi connectivity index (χ3v) is 4.48. The van der Waals surface area contributed by atoms with Gasteiger partial charge in [0.25, 0.3) is 5.91 Å². The number of nitrogens with one attached hydrogen (secondary N) is 2. The van der Waals surface area contributed by atoms with Crippen molar-refractivity contribution in [1.29, 1.82) is 0 Å². The number of anilines is 2. The van der Waals surface area contributed by atoms with Gasteiger partial charge in [0.15, 0.2) is 0 Å². The van der Waals surface area contributed by atoms with Crippen molar-refractivity contribution in [2.24, 2.45) is 0 Å². The number of amides is 1. The summed E-state index contributed by atoms with van der Waals surface area (Å²) in [5, 5.41) is 6.79. The van der Waals surface area contributed by atoms with E-state index in [4.69, 9.17) is 11.6 Å². The quantitative estimate of drug-likeness (QED) is 0.627. The molecule has 0 aliphatic carbocycles. The molecule has 3 rings (SSSR count). The number of carbonyl (C=O) groups excluding carboxylic acids is 1. The first-order chi connectivity index (χ1) is 12.5. The molecule has 2 N–H and O–H groups in total. The van der Waals surface area contributed by atoms with Crippen molar-refractivity contribution in [3.8, 4) is 0 Å². The Hall–Kier alpha value is -2.85. The summed E-state index contributed by atoms with van der Waals surface area (Å²) < 4.78 is 13.0. The Morgan fingerprint density at radius 3 is 2.42 bits per heavy atom. The second-order valence-corrected chi connectivity index (χ2v) is 6.30. The molecule has 26 heavy (non-hydrogen) atoms. The molecule has 0 bridgehead atoms. The summed E-state index contributed by atoms with van der Waals surface area (Å²) in [5.74, 6) is -0.511. The lowest BCUT2D eigenvalue weighted by molar-refractivity contribution is 0.0952. The number of hydrogen-bond acceptors (Lipinski definition) is 2. The molecular formula is C21H18ClFN2O. The van der Waals surface area contributed by atoms with Gasteiger partial charge in [0, 0.05) is 17.3 Å². The molecule has 0 spiro atoms. The van der Waals surface area contributed by atoms with Crippen LogP contribution in [0.3, 0.4) is 0 Å². The van der Waals surface area contributed by atoms with Crippen molar-refractivity contribution in [2.75, 3.05) is 5.32 Å². The SMILES string of the molecule is Cc1c(Cl)cccc1Nc1ccccc1C(=O)NCc1ccc(F)cc1. The van der Waals surface area contributed by atoms with Crippen LogP contribution in [0.4, 0.5) is 15.8 Å². The van der Waals surface area contributed by atoms with Crippen molar-refractivity contribution in [2.45, 2.75) is 13.5 Å². The zero-order chi connectivity index (χ0) is 18.5. The van der Waals surface area contributed by atoms with E-state index in [-0.39, 0.29) is 11.7 Å². The van der Waals surface area contributed by atoms with Crippen LogP contribution in [-0.2, 0) is 6.54 Å². The van der Waals surface area contributed by atoms with Crippen LogP contribution < -0.4 is 10.6 Å². The zero-order valence-corrected chi connectivity index (χ0v) is 15.0. The summed E-state index contributed by atoms with van der Waals surface area (Å²) in [6, 6.07) is 18.9. The molecular weight excluding hydrogens is 351 g/mol. The number of benzene rings is 3. The molecule has 0 aliphatic heterocycles. The van der Waals surface area contributed by atoms with Crippen molar-refractivity contribution < 1.29 is 9.18 Å². The smallest absolute Gasteiger partial charge is 0.253 e. The van der Waals surface area contributed by atoms with E-state index in [0.29, 0.717) is 22.8 Å². The average Bonchev–Trinajstić information content (AvgIpc) is 2.65. The van der Waals surface area contributed by atoms with Crippen LogP contribution >= 0.6 is 11.6 Å². The van der Waals surface area contributed by atoms with E-state index in [1.165, 1.54) is 12.1 Å². The molecule has 0 heterocycles. The van der Waals surface area contributed by atoms with Gasteiger partial charge in [-0.15, -0.1) is 0 Å². The lowest BCUT2D eigenvalue weighted by atomic mass is 10.1. The van der Waals surface area contributed by atoms with Crippen molar-refractivity contribution in [3.63, 3.8) is 0 Å². The normalized spacial score (nSPS) is 10.4. The van der Waals surface area contributed by atoms with Crippen molar-refractivity contribution >= 4 is 28.9 Å². The fraction of sp³-hybridized carbons (Fsp3) is 0.0952. The summed E-state index contributed by atoms with van der Waals surface area (Å²) in [4.78, 5) is 12.6. The Morgan fingerprint density at radius 1 is 0.962 bits per heavy atom. The standard InChI is InChI=1S/C21H18ClFN2O/c1-14-18(22)6-4-8-19(14)25-20-7-3-2-5-17(20)21(26)24-13-15-9-11-16(23)12-10-15/h2-12,25H,13H2,1H3,(H,24,26). The highest BCUT2D eigenvalue weighted by molar-refractivity contribution is 6.31. The van der Waals surface area contributed by atoms with Gasteiger partial charge >= 0.3 is 0 Å². The minimum absolute atomic E-state index is 0.211. The molecule has 0 fully saturated rings. The molecule has 0 radical (unpaired) electrons. The summed E-state index contributed by atoms with van der Waals surface area (Å²) in [7, 11) is 0. The molecule has 0 aliphatic rings. The van der Waals surface area contributed by atoms with Crippen molar-refractivity contribution in [1.82, 2.24) is 5.32 Å². The lowest BCUT2D eigenvalue weighted by Crippen LogP contribution is -2.23. The van der Waals surface area contributed by atoms with Crippen molar-refractivity contribution in [3.05, 3.63) is 94.3 Å². The fourth-order valence-corrected chi connectivity index (χ4v) is 2.73. The average molecular weight is 369 g/mol. The first kappa shape index (κ1) is 18.0. The van der Waals surface area contributed by atoms with E-state index in [2.05, 4.69) is 10.6 Å². The van der Waals surface area contributed by atoms with Gasteiger partial charge in [-0.1, -0.05) is 41.9 Å². The Labute approximate surface area is 156 Å². The van der Waals surface area contributed by atoms with E-state index in [1.54, 1.807) is 18.2 Å². The second-order valence-electron chi connectivity index (χ2n) is 5.89. The molecule has 0 aromatic heterocycles. The first-order valence-corrected chi connectivity index (χ1v) is 8.56. The maximum Gasteiger partial charge on any atom is 0.253 e. The maximum atomic E-state index is 13.0. The highest BCUT2D eigenvalue weighted by Gasteiger charge is 2.12. The van der Waals surface area contributed by atoms with Gasteiger partial charge in [-0.05, 0) is 54.4 Å². The van der Waals surface area contributed by atoms with Crippen LogP contribution in [-0.4, -0.2) is 5.91 Å². The van der Waals surface area contributed by atoms with Crippen LogP contribution in [0, 0.1) is 12.7 Å². The fourth-order valence-electron chi connectivity index (χ4n) is 2.56. The number of halogens is 2. The van der Waals surface area contributed by atoms with E-state index < -0.39 is 0 Å². The first-order valence-electron chi connectivity index (χ1n) is 8.18. The molecule has 0 saturated carbocycles. The Bertz CT molecular complexity index is 926. The monoisotopic (exact) mass is 368 g/mol. The molecule has 0 atom stereocenters. The summed E-state index contributed by atoms with van der Waals surface area (Å²) in [5.41, 5.74) is 3.80. The minimum atomic E-state index is -0.300. The third kappa shape index (κ3) is 4.21. The Kier molecular flexibility index (Phi) is 5.54. The summed E-state index contributed by atoms with van der Waals surface area (Å²) in [6.45, 7) is 2.24. The van der Waals surface area contributed by atoms with Gasteiger partial charge < -0.3 is 10.6 Å². The Morgan fingerprint density at radius 2 is 1.65 bits per heavy atom. The summed E-state index contributed by atoms with van der Waals surface area (Å²) in [6.07, 6.45) is 0. The van der Waals surface area contributed by atoms with Crippen LogP contribution in [0.15, 0.2) is 66.7 Å². The van der Waals surface area contributed by atoms with Crippen LogP contribution in [0.25, 0.3) is 0 Å². The van der Waals surface area contributed by atoms with Gasteiger partial charge in [-0.2, -0.15) is 0 Å². The zero-order valence-electron chi connectivity index (χ0n) is 14.2. The Balaban J connectivity index is 1.76. The molecule has 3 aromatic rings. The lowest BCUT2D eigenvalue weighted by Gasteiger charge is -2.14. The minimum Gasteiger partial charge on any atom is -0.355 e. The van der Waals surface area contributed by atoms with Crippen LogP contribution in [0.1, 0.15) is 21.5 Å². The van der Waals surface area contributed by atoms with Crippen LogP contribution in [0.5, 0.6) is 0 Å². The third-order valence-electron chi connectivity index (χ3n) is 4.08. The van der Waals surface area contributed by atoms with Gasteiger partial charge in [0.2, 0.25) is 0 Å². The topological polar surface area (TPSA) is 41.1 Å². The molecule has 0 saturated heterocycles. The molecule has 132 valence electrons. The number of carbonyl (C=O) groups is 1. The maximum absolute atomic E-state index is 13.0. The molecule has 0 unspecified atom stereocenters. The van der Waals surface area contributed by atoms with E-state index in [9.17, 15) is 9.18 Å². The predicted octanol–water partition coefficient (Wildman–Crippen LogP) is 5.46. The molecule has 1 amide bonds. The summed E-state index contributed by atoms with van der Waals surface area (Å²) >= 11 is 6.17. The number of rotatable bonds is 5. The molecule has 3 nitrogen and oxygen atoms in total. The molecule has 5 heteroatoms. The highest BCUT2D eigenvalue weighted by Crippen LogP contribution is 2.27. The van der Waals surface area contributed by atoms with Gasteiger partial charge in [-0.25, -0.2) is 4.39 Å². The van der Waals surface area contributed by atoms with E-state index >= 15 is 0 Å².